The van der Waals surface area contributed by atoms with Crippen LogP contribution in [-0.4, -0.2) is 46.7 Å². The van der Waals surface area contributed by atoms with Crippen LogP contribution in [0.1, 0.15) is 25.2 Å². The molecule has 0 N–H and O–H groups in total. The largest absolute Gasteiger partial charge is 0.339 e. The lowest BCUT2D eigenvalue weighted by Crippen LogP contribution is -2.49. The highest BCUT2D eigenvalue weighted by Gasteiger charge is 2.39. The van der Waals surface area contributed by atoms with E-state index in [1.807, 2.05) is 13.0 Å². The first-order valence-corrected chi connectivity index (χ1v) is 8.43. The van der Waals surface area contributed by atoms with Gasteiger partial charge < -0.3 is 4.52 Å². The van der Waals surface area contributed by atoms with Crippen molar-refractivity contribution in [3.8, 4) is 11.4 Å². The predicted octanol–water partition coefficient (Wildman–Crippen LogP) is 1.27. The Kier molecular flexibility index (Phi) is 3.73. The molecule has 21 heavy (non-hydrogen) atoms. The molecule has 1 saturated heterocycles. The summed E-state index contributed by atoms with van der Waals surface area (Å²) in [6, 6.07) is 3.65. The van der Waals surface area contributed by atoms with E-state index in [0.29, 0.717) is 31.2 Å². The van der Waals surface area contributed by atoms with Gasteiger partial charge in [0, 0.05) is 31.0 Å². The highest BCUT2D eigenvalue weighted by Crippen LogP contribution is 2.29. The number of hydrogen-bond donors (Lipinski definition) is 0. The van der Waals surface area contributed by atoms with E-state index in [1.54, 1.807) is 18.5 Å². The second-order valence-corrected chi connectivity index (χ2v) is 7.12. The number of aromatic nitrogens is 3. The van der Waals surface area contributed by atoms with Gasteiger partial charge >= 0.3 is 0 Å². The molecule has 0 spiro atoms. The third-order valence-electron chi connectivity index (χ3n) is 3.41. The van der Waals surface area contributed by atoms with Gasteiger partial charge in [-0.3, -0.25) is 4.98 Å². The van der Waals surface area contributed by atoms with Crippen molar-refractivity contribution in [3.63, 3.8) is 0 Å². The van der Waals surface area contributed by atoms with Gasteiger partial charge in [-0.25, -0.2) is 12.7 Å². The van der Waals surface area contributed by atoms with Gasteiger partial charge in [0.05, 0.1) is 11.7 Å². The van der Waals surface area contributed by atoms with Crippen LogP contribution in [0, 0.1) is 0 Å². The molecule has 1 aliphatic heterocycles. The molecule has 0 radical (unpaired) electrons. The van der Waals surface area contributed by atoms with Gasteiger partial charge in [-0.1, -0.05) is 12.1 Å². The van der Waals surface area contributed by atoms with E-state index in [4.69, 9.17) is 4.52 Å². The first-order chi connectivity index (χ1) is 10.1. The van der Waals surface area contributed by atoms with E-state index in [2.05, 4.69) is 15.1 Å². The maximum absolute atomic E-state index is 11.9. The van der Waals surface area contributed by atoms with Gasteiger partial charge in [-0.2, -0.15) is 4.98 Å². The molecule has 3 rings (SSSR count). The first-order valence-electron chi connectivity index (χ1n) is 6.82. The number of pyridine rings is 1. The predicted molar refractivity (Wildman–Crippen MR) is 75.9 cm³/mol. The molecule has 0 bridgehead atoms. The molecule has 1 fully saturated rings. The van der Waals surface area contributed by atoms with Crippen LogP contribution in [0.5, 0.6) is 0 Å². The summed E-state index contributed by atoms with van der Waals surface area (Å²) < 4.78 is 30.4. The fraction of sp³-hybridized carbons (Fsp3) is 0.462. The molecule has 0 aliphatic carbocycles. The lowest BCUT2D eigenvalue weighted by molar-refractivity contribution is 0.217. The van der Waals surface area contributed by atoms with Crippen molar-refractivity contribution < 1.29 is 12.9 Å². The maximum atomic E-state index is 11.9. The zero-order chi connectivity index (χ0) is 14.9. The second kappa shape index (κ2) is 5.53. The highest BCUT2D eigenvalue weighted by atomic mass is 32.2. The normalized spacial score (nSPS) is 16.8. The molecule has 3 heterocycles. The number of rotatable bonds is 5. The molecule has 7 nitrogen and oxygen atoms in total. The van der Waals surface area contributed by atoms with Crippen LogP contribution in [0.3, 0.4) is 0 Å². The van der Waals surface area contributed by atoms with Gasteiger partial charge in [0.2, 0.25) is 21.7 Å². The Morgan fingerprint density at radius 2 is 2.24 bits per heavy atom. The second-order valence-electron chi connectivity index (χ2n) is 5.03. The van der Waals surface area contributed by atoms with Crippen molar-refractivity contribution in [2.24, 2.45) is 0 Å². The maximum Gasteiger partial charge on any atom is 0.232 e. The van der Waals surface area contributed by atoms with E-state index in [-0.39, 0.29) is 11.7 Å². The van der Waals surface area contributed by atoms with Gasteiger partial charge in [-0.15, -0.1) is 0 Å². The molecule has 112 valence electrons. The Morgan fingerprint density at radius 3 is 2.90 bits per heavy atom. The molecule has 2 aromatic rings. The summed E-state index contributed by atoms with van der Waals surface area (Å²) in [5.41, 5.74) is 0.780. The Balaban J connectivity index is 1.67. The molecular formula is C13H16N4O3S. The van der Waals surface area contributed by atoms with Crippen LogP contribution in [0.4, 0.5) is 0 Å². The van der Waals surface area contributed by atoms with Gasteiger partial charge in [0.15, 0.2) is 0 Å². The van der Waals surface area contributed by atoms with Crippen LogP contribution in [0.2, 0.25) is 0 Å². The molecule has 0 atom stereocenters. The molecule has 8 heteroatoms. The summed E-state index contributed by atoms with van der Waals surface area (Å²) in [6.07, 6.45) is 3.95. The molecule has 2 aromatic heterocycles. The van der Waals surface area contributed by atoms with Crippen LogP contribution < -0.4 is 0 Å². The molecule has 0 unspecified atom stereocenters. The summed E-state index contributed by atoms with van der Waals surface area (Å²) in [5, 5.41) is 3.92. The van der Waals surface area contributed by atoms with Crippen molar-refractivity contribution in [3.05, 3.63) is 30.4 Å². The highest BCUT2D eigenvalue weighted by molar-refractivity contribution is 7.89. The van der Waals surface area contributed by atoms with Crippen LogP contribution in [0.25, 0.3) is 11.4 Å². The third kappa shape index (κ3) is 2.81. The number of sulfonamides is 1. The zero-order valence-electron chi connectivity index (χ0n) is 11.6. The molecule has 0 amide bonds. The lowest BCUT2D eigenvalue weighted by Gasteiger charge is -2.35. The van der Waals surface area contributed by atoms with E-state index in [9.17, 15) is 8.42 Å². The average Bonchev–Trinajstić information content (AvgIpc) is 2.87. The Morgan fingerprint density at radius 1 is 1.43 bits per heavy atom. The van der Waals surface area contributed by atoms with E-state index < -0.39 is 10.0 Å². The zero-order valence-corrected chi connectivity index (χ0v) is 12.5. The van der Waals surface area contributed by atoms with E-state index in [0.717, 1.165) is 5.56 Å². The lowest BCUT2D eigenvalue weighted by atomic mass is 10.0. The molecular weight excluding hydrogens is 292 g/mol. The van der Waals surface area contributed by atoms with Gasteiger partial charge in [0.1, 0.15) is 0 Å². The minimum absolute atomic E-state index is 0.0189. The summed E-state index contributed by atoms with van der Waals surface area (Å²) in [4.78, 5) is 8.33. The standard InChI is InChI=1S/C13H16N4O3S/c1-2-6-21(18,19)17-8-11(9-17)13-15-12(16-20-13)10-4-3-5-14-7-10/h3-5,7,11H,2,6,8-9H2,1H3. The fourth-order valence-electron chi connectivity index (χ4n) is 2.22. The number of nitrogens with zero attached hydrogens (tertiary/aromatic N) is 4. The average molecular weight is 308 g/mol. The molecule has 1 aliphatic rings. The van der Waals surface area contributed by atoms with Crippen molar-refractivity contribution in [1.29, 1.82) is 0 Å². The SMILES string of the molecule is CCCS(=O)(=O)N1CC(c2nc(-c3cccnc3)no2)C1. The summed E-state index contributed by atoms with van der Waals surface area (Å²) in [7, 11) is -3.13. The molecule has 0 saturated carbocycles. The Hall–Kier alpha value is -1.80. The van der Waals surface area contributed by atoms with Crippen molar-refractivity contribution in [2.75, 3.05) is 18.8 Å². The van der Waals surface area contributed by atoms with Crippen molar-refractivity contribution in [2.45, 2.75) is 19.3 Å². The number of hydrogen-bond acceptors (Lipinski definition) is 6. The minimum atomic E-state index is -3.13. The fourth-order valence-corrected chi connectivity index (χ4v) is 3.81. The van der Waals surface area contributed by atoms with Crippen molar-refractivity contribution in [1.82, 2.24) is 19.4 Å². The van der Waals surface area contributed by atoms with E-state index in [1.165, 1.54) is 4.31 Å². The summed E-state index contributed by atoms with van der Waals surface area (Å²) in [5.74, 6) is 1.13. The van der Waals surface area contributed by atoms with Crippen LogP contribution >= 0.6 is 0 Å². The van der Waals surface area contributed by atoms with E-state index >= 15 is 0 Å². The third-order valence-corrected chi connectivity index (χ3v) is 5.42. The quantitative estimate of drug-likeness (QED) is 0.826. The molecule has 0 aromatic carbocycles. The van der Waals surface area contributed by atoms with Crippen LogP contribution in [-0.2, 0) is 10.0 Å². The smallest absolute Gasteiger partial charge is 0.232 e. The van der Waals surface area contributed by atoms with Gasteiger partial charge in [0.25, 0.3) is 0 Å². The van der Waals surface area contributed by atoms with Crippen molar-refractivity contribution >= 4 is 10.0 Å². The van der Waals surface area contributed by atoms with Crippen LogP contribution in [0.15, 0.2) is 29.0 Å². The van der Waals surface area contributed by atoms with Gasteiger partial charge in [-0.05, 0) is 18.6 Å². The topological polar surface area (TPSA) is 89.2 Å². The first kappa shape index (κ1) is 14.2. The summed E-state index contributed by atoms with van der Waals surface area (Å²) >= 11 is 0. The minimum Gasteiger partial charge on any atom is -0.339 e. The summed E-state index contributed by atoms with van der Waals surface area (Å²) in [6.45, 7) is 2.68. The Bertz CT molecular complexity index is 708. The Labute approximate surface area is 123 Å². The monoisotopic (exact) mass is 308 g/mol.